The average molecular weight is 344 g/mol. The molecule has 132 valence electrons. The summed E-state index contributed by atoms with van der Waals surface area (Å²) in [5.74, 6) is 0.582. The van der Waals surface area contributed by atoms with E-state index in [1.165, 1.54) is 33.5 Å². The van der Waals surface area contributed by atoms with Crippen LogP contribution in [0.2, 0.25) is 0 Å². The Bertz CT molecular complexity index is 777. The third-order valence-electron chi connectivity index (χ3n) is 3.59. The smallest absolute Gasteiger partial charge is 0.235 e. The summed E-state index contributed by atoms with van der Waals surface area (Å²) in [5.41, 5.74) is 0.753. The highest BCUT2D eigenvalue weighted by Crippen LogP contribution is 2.35. The fraction of sp³-hybridized carbons (Fsp3) is 0.211. The van der Waals surface area contributed by atoms with Crippen molar-refractivity contribution in [2.75, 3.05) is 28.4 Å². The Balaban J connectivity index is 2.44. The zero-order valence-electron chi connectivity index (χ0n) is 14.5. The number of aromatic hydroxyl groups is 1. The number of methoxy groups -OCH3 is 4. The number of ketones is 1. The highest BCUT2D eigenvalue weighted by molar-refractivity contribution is 6.13. The van der Waals surface area contributed by atoms with Gasteiger partial charge in [0.25, 0.3) is 0 Å². The Hall–Kier alpha value is -3.15. The number of ether oxygens (including phenoxy) is 4. The molecule has 0 spiro atoms. The van der Waals surface area contributed by atoms with E-state index in [4.69, 9.17) is 18.9 Å². The van der Waals surface area contributed by atoms with Crippen molar-refractivity contribution in [2.24, 2.45) is 0 Å². The third kappa shape index (κ3) is 4.03. The first kappa shape index (κ1) is 18.2. The molecule has 2 rings (SSSR count). The molecule has 0 aliphatic carbocycles. The molecule has 0 heterocycles. The molecule has 0 aliphatic heterocycles. The number of rotatable bonds is 7. The Kier molecular flexibility index (Phi) is 5.89. The first-order valence-corrected chi connectivity index (χ1v) is 7.43. The van der Waals surface area contributed by atoms with Gasteiger partial charge >= 0.3 is 0 Å². The fourth-order valence-electron chi connectivity index (χ4n) is 2.28. The van der Waals surface area contributed by atoms with Crippen LogP contribution in [0.4, 0.5) is 0 Å². The van der Waals surface area contributed by atoms with Gasteiger partial charge in [-0.3, -0.25) is 4.79 Å². The lowest BCUT2D eigenvalue weighted by Gasteiger charge is -2.13. The molecule has 0 saturated heterocycles. The largest absolute Gasteiger partial charge is 0.507 e. The Morgan fingerprint density at radius 2 is 1.56 bits per heavy atom. The van der Waals surface area contributed by atoms with Crippen molar-refractivity contribution in [2.45, 2.75) is 0 Å². The molecule has 1 N–H and O–H groups in total. The summed E-state index contributed by atoms with van der Waals surface area (Å²) in [6.07, 6.45) is 1.57. The molecule has 0 saturated carbocycles. The van der Waals surface area contributed by atoms with Gasteiger partial charge in [-0.05, 0) is 23.8 Å². The molecular weight excluding hydrogens is 324 g/mol. The number of allylic oxidation sites excluding steroid dienone is 1. The molecule has 25 heavy (non-hydrogen) atoms. The van der Waals surface area contributed by atoms with Crippen molar-refractivity contribution < 1.29 is 28.8 Å². The van der Waals surface area contributed by atoms with E-state index in [0.717, 1.165) is 5.56 Å². The van der Waals surface area contributed by atoms with Crippen molar-refractivity contribution >= 4 is 11.9 Å². The van der Waals surface area contributed by atoms with E-state index in [0.29, 0.717) is 11.5 Å². The monoisotopic (exact) mass is 344 g/mol. The normalized spacial score (nSPS) is 11.0. The predicted molar refractivity (Wildman–Crippen MR) is 93.5 cm³/mol. The summed E-state index contributed by atoms with van der Waals surface area (Å²) in [7, 11) is 5.83. The topological polar surface area (TPSA) is 74.2 Å². The van der Waals surface area contributed by atoms with Gasteiger partial charge < -0.3 is 24.1 Å². The van der Waals surface area contributed by atoms with Crippen LogP contribution >= 0.6 is 0 Å². The molecule has 0 fully saturated rings. The molecule has 0 bridgehead atoms. The molecule has 0 atom stereocenters. The molecule has 6 heteroatoms. The first-order valence-electron chi connectivity index (χ1n) is 7.43. The summed E-state index contributed by atoms with van der Waals surface area (Å²) in [4.78, 5) is 12.8. The Morgan fingerprint density at radius 1 is 0.920 bits per heavy atom. The third-order valence-corrected chi connectivity index (χ3v) is 3.59. The van der Waals surface area contributed by atoms with Gasteiger partial charge in [-0.2, -0.15) is 0 Å². The molecule has 2 aromatic carbocycles. The lowest BCUT2D eigenvalue weighted by atomic mass is 10.0. The summed E-state index contributed by atoms with van der Waals surface area (Å²) >= 11 is 0. The Morgan fingerprint density at radius 3 is 2.08 bits per heavy atom. The van der Waals surface area contributed by atoms with Gasteiger partial charge in [-0.1, -0.05) is 12.1 Å². The second-order valence-corrected chi connectivity index (χ2v) is 5.04. The highest BCUT2D eigenvalue weighted by Gasteiger charge is 2.23. The van der Waals surface area contributed by atoms with Gasteiger partial charge in [0.15, 0.2) is 5.76 Å². The van der Waals surface area contributed by atoms with Crippen molar-refractivity contribution in [3.63, 3.8) is 0 Å². The minimum absolute atomic E-state index is 0.00455. The summed E-state index contributed by atoms with van der Waals surface area (Å²) in [5, 5.41) is 10.2. The van der Waals surface area contributed by atoms with Crippen LogP contribution in [0, 0.1) is 0 Å². The van der Waals surface area contributed by atoms with E-state index >= 15 is 0 Å². The number of benzene rings is 2. The Labute approximate surface area is 146 Å². The minimum atomic E-state index is -0.504. The maximum Gasteiger partial charge on any atom is 0.235 e. The molecule has 0 radical (unpaired) electrons. The number of phenols is 1. The second-order valence-electron chi connectivity index (χ2n) is 5.04. The van der Waals surface area contributed by atoms with E-state index in [1.807, 2.05) is 0 Å². The van der Waals surface area contributed by atoms with Gasteiger partial charge in [0, 0.05) is 12.1 Å². The number of Topliss-reactive ketones (excluding diaryl/α,β-unsaturated/α-hetero) is 1. The van der Waals surface area contributed by atoms with Crippen LogP contribution in [-0.4, -0.2) is 39.3 Å². The van der Waals surface area contributed by atoms with Gasteiger partial charge in [0.2, 0.25) is 5.78 Å². The van der Waals surface area contributed by atoms with E-state index in [1.54, 1.807) is 37.5 Å². The summed E-state index contributed by atoms with van der Waals surface area (Å²) in [6, 6.07) is 9.99. The number of carbonyl (C=O) groups is 1. The molecule has 2 aromatic rings. The van der Waals surface area contributed by atoms with Crippen LogP contribution in [-0.2, 0) is 4.74 Å². The van der Waals surface area contributed by atoms with Crippen molar-refractivity contribution in [1.29, 1.82) is 0 Å². The number of phenolic OH excluding ortho intramolecular Hbond substituents is 1. The van der Waals surface area contributed by atoms with Gasteiger partial charge in [0.1, 0.15) is 28.6 Å². The molecule has 0 aliphatic rings. The average Bonchev–Trinajstić information content (AvgIpc) is 2.65. The molecule has 0 unspecified atom stereocenters. The quantitative estimate of drug-likeness (QED) is 0.472. The molecule has 0 aromatic heterocycles. The van der Waals surface area contributed by atoms with Gasteiger partial charge in [-0.15, -0.1) is 0 Å². The number of hydrogen-bond acceptors (Lipinski definition) is 6. The minimum Gasteiger partial charge on any atom is -0.507 e. The van der Waals surface area contributed by atoms with Gasteiger partial charge in [-0.25, -0.2) is 0 Å². The second kappa shape index (κ2) is 8.10. The van der Waals surface area contributed by atoms with Crippen LogP contribution in [0.3, 0.4) is 0 Å². The van der Waals surface area contributed by atoms with Crippen LogP contribution in [0.5, 0.6) is 23.0 Å². The zero-order chi connectivity index (χ0) is 18.4. The van der Waals surface area contributed by atoms with Gasteiger partial charge in [0.05, 0.1) is 28.4 Å². The van der Waals surface area contributed by atoms with Crippen LogP contribution < -0.4 is 14.2 Å². The molecule has 0 amide bonds. The predicted octanol–water partition coefficient (Wildman–Crippen LogP) is 3.29. The van der Waals surface area contributed by atoms with E-state index < -0.39 is 5.78 Å². The number of hydrogen-bond donors (Lipinski definition) is 1. The molecular formula is C19H20O6. The summed E-state index contributed by atoms with van der Waals surface area (Å²) in [6.45, 7) is 0. The fourth-order valence-corrected chi connectivity index (χ4v) is 2.28. The van der Waals surface area contributed by atoms with Crippen LogP contribution in [0.1, 0.15) is 15.9 Å². The lowest BCUT2D eigenvalue weighted by Crippen LogP contribution is -2.08. The SMILES string of the molecule is CO/C(=C/c1ccc(OC)cc1)C(=O)c1c(O)cc(OC)cc1OC. The zero-order valence-corrected chi connectivity index (χ0v) is 14.5. The maximum absolute atomic E-state index is 12.8. The first-order chi connectivity index (χ1) is 12.0. The van der Waals surface area contributed by atoms with Crippen molar-refractivity contribution in [3.8, 4) is 23.0 Å². The molecule has 6 nitrogen and oxygen atoms in total. The standard InChI is InChI=1S/C19H20O6/c1-22-13-7-5-12(6-8-13)9-17(25-4)19(21)18-15(20)10-14(23-2)11-16(18)24-3/h5-11,20H,1-4H3/b17-9+. The van der Waals surface area contributed by atoms with E-state index in [9.17, 15) is 9.90 Å². The van der Waals surface area contributed by atoms with Crippen LogP contribution in [0.25, 0.3) is 6.08 Å². The van der Waals surface area contributed by atoms with Crippen LogP contribution in [0.15, 0.2) is 42.2 Å². The summed E-state index contributed by atoms with van der Waals surface area (Å²) < 4.78 is 20.6. The maximum atomic E-state index is 12.8. The highest BCUT2D eigenvalue weighted by atomic mass is 16.5. The lowest BCUT2D eigenvalue weighted by molar-refractivity contribution is 0.0951. The van der Waals surface area contributed by atoms with Crippen molar-refractivity contribution in [3.05, 3.63) is 53.3 Å². The van der Waals surface area contributed by atoms with Crippen molar-refractivity contribution in [1.82, 2.24) is 0 Å². The van der Waals surface area contributed by atoms with E-state index in [2.05, 4.69) is 0 Å². The van der Waals surface area contributed by atoms with E-state index in [-0.39, 0.29) is 22.8 Å². The number of carbonyl (C=O) groups excluding carboxylic acids is 1.